The van der Waals surface area contributed by atoms with Crippen molar-refractivity contribution >= 4 is 31.6 Å². The van der Waals surface area contributed by atoms with Crippen molar-refractivity contribution in [2.45, 2.75) is 56.8 Å². The largest absolute Gasteiger partial charge is 0.226 e. The molecule has 0 bridgehead atoms. The molecule has 0 atom stereocenters. The van der Waals surface area contributed by atoms with E-state index in [2.05, 4.69) is 123 Å². The van der Waals surface area contributed by atoms with Gasteiger partial charge in [0.2, 0.25) is 0 Å². The number of rotatable bonds is 2. The molecule has 46 heavy (non-hydrogen) atoms. The van der Waals surface area contributed by atoms with E-state index in [4.69, 9.17) is 9.97 Å². The van der Waals surface area contributed by atoms with Crippen LogP contribution in [0.15, 0.2) is 109 Å². The lowest BCUT2D eigenvalue weighted by atomic mass is 9.67. The van der Waals surface area contributed by atoms with E-state index in [0.29, 0.717) is 0 Å². The molecule has 0 radical (unpaired) electrons. The Kier molecular flexibility index (Phi) is 5.47. The van der Waals surface area contributed by atoms with Gasteiger partial charge in [0.25, 0.3) is 0 Å². The highest BCUT2D eigenvalue weighted by Gasteiger charge is 2.46. The molecule has 2 heterocycles. The summed E-state index contributed by atoms with van der Waals surface area (Å²) >= 11 is 1.82. The first-order valence-corrected chi connectivity index (χ1v) is 17.5. The van der Waals surface area contributed by atoms with E-state index in [9.17, 15) is 0 Å². The van der Waals surface area contributed by atoms with Crippen LogP contribution in [0, 0.1) is 0 Å². The normalized spacial score (nSPS) is 16.8. The Bertz CT molecular complexity index is 2370. The predicted octanol–water partition coefficient (Wildman–Crippen LogP) is 11.7. The molecular formula is C43H34N2S. The molecule has 0 saturated heterocycles. The second-order valence-electron chi connectivity index (χ2n) is 14.1. The lowest BCUT2D eigenvalue weighted by Gasteiger charge is -2.36. The van der Waals surface area contributed by atoms with Crippen molar-refractivity contribution in [3.63, 3.8) is 0 Å². The van der Waals surface area contributed by atoms with E-state index < -0.39 is 0 Å². The van der Waals surface area contributed by atoms with Crippen LogP contribution in [0.25, 0.3) is 65.2 Å². The number of fused-ring (bicyclic) bond motifs is 11. The fraction of sp³-hybridized carbons (Fsp3) is 0.209. The van der Waals surface area contributed by atoms with Crippen LogP contribution >= 0.6 is 11.3 Å². The van der Waals surface area contributed by atoms with Gasteiger partial charge < -0.3 is 0 Å². The molecule has 10 rings (SSSR count). The Morgan fingerprint density at radius 2 is 1.26 bits per heavy atom. The molecule has 5 aromatic carbocycles. The first-order valence-electron chi connectivity index (χ1n) is 16.7. The third-order valence-corrected chi connectivity index (χ3v) is 12.5. The molecule has 0 amide bonds. The molecule has 0 unspecified atom stereocenters. The third-order valence-electron chi connectivity index (χ3n) is 11.3. The minimum atomic E-state index is -0.00897. The fourth-order valence-electron chi connectivity index (χ4n) is 9.03. The molecular weight excluding hydrogens is 577 g/mol. The van der Waals surface area contributed by atoms with Gasteiger partial charge in [-0.2, -0.15) is 0 Å². The highest BCUT2D eigenvalue weighted by Crippen LogP contribution is 2.60. The van der Waals surface area contributed by atoms with Gasteiger partial charge in [-0.05, 0) is 81.6 Å². The van der Waals surface area contributed by atoms with Crippen LogP contribution in [0.2, 0.25) is 0 Å². The van der Waals surface area contributed by atoms with Gasteiger partial charge in [-0.1, -0.05) is 118 Å². The first-order chi connectivity index (χ1) is 22.5. The summed E-state index contributed by atoms with van der Waals surface area (Å²) < 4.78 is 2.43. The second-order valence-corrected chi connectivity index (χ2v) is 15.1. The molecule has 0 aliphatic heterocycles. The summed E-state index contributed by atoms with van der Waals surface area (Å²) in [5.41, 5.74) is 16.1. The molecule has 3 aliphatic rings. The molecule has 1 spiro atoms. The number of benzene rings is 5. The maximum atomic E-state index is 5.34. The van der Waals surface area contributed by atoms with E-state index in [1.165, 1.54) is 91.4 Å². The Morgan fingerprint density at radius 1 is 0.565 bits per heavy atom. The van der Waals surface area contributed by atoms with Crippen molar-refractivity contribution in [2.75, 3.05) is 0 Å². The van der Waals surface area contributed by atoms with Gasteiger partial charge in [0.05, 0.1) is 15.9 Å². The summed E-state index contributed by atoms with van der Waals surface area (Å²) in [6.45, 7) is 4.80. The van der Waals surface area contributed by atoms with E-state index in [1.807, 2.05) is 11.3 Å². The smallest absolute Gasteiger partial charge is 0.160 e. The lowest BCUT2D eigenvalue weighted by molar-refractivity contribution is 0.353. The average Bonchev–Trinajstić information content (AvgIpc) is 3.68. The van der Waals surface area contributed by atoms with E-state index in [1.54, 1.807) is 5.56 Å². The van der Waals surface area contributed by atoms with Crippen molar-refractivity contribution < 1.29 is 0 Å². The van der Waals surface area contributed by atoms with Crippen molar-refractivity contribution in [1.29, 1.82) is 0 Å². The van der Waals surface area contributed by atoms with Gasteiger partial charge in [0.1, 0.15) is 0 Å². The molecule has 3 heteroatoms. The summed E-state index contributed by atoms with van der Waals surface area (Å²) in [6, 6.07) is 40.6. The molecule has 7 aromatic rings. The SMILES string of the molecule is CC1(C)c2ccccc2-c2cc3c(cc21)-c1ccc(-c2nc(-c4ccccc4)nc4c2sc2ccccc24)cc1C31CCCCC1. The number of nitrogens with zero attached hydrogens (tertiary/aromatic N) is 2. The first kappa shape index (κ1) is 26.6. The molecule has 222 valence electrons. The summed E-state index contributed by atoms with van der Waals surface area (Å²) in [5, 5.41) is 1.21. The highest BCUT2D eigenvalue weighted by molar-refractivity contribution is 7.26. The Balaban J connectivity index is 1.22. The Labute approximate surface area is 273 Å². The van der Waals surface area contributed by atoms with Crippen LogP contribution in [0.5, 0.6) is 0 Å². The maximum Gasteiger partial charge on any atom is 0.160 e. The highest BCUT2D eigenvalue weighted by atomic mass is 32.1. The number of aromatic nitrogens is 2. The molecule has 2 nitrogen and oxygen atoms in total. The van der Waals surface area contributed by atoms with Gasteiger partial charge in [0.15, 0.2) is 5.82 Å². The summed E-state index contributed by atoms with van der Waals surface area (Å²) in [7, 11) is 0. The van der Waals surface area contributed by atoms with Crippen LogP contribution in [0.4, 0.5) is 0 Å². The lowest BCUT2D eigenvalue weighted by Crippen LogP contribution is -2.28. The molecule has 2 aromatic heterocycles. The zero-order valence-electron chi connectivity index (χ0n) is 26.2. The minimum absolute atomic E-state index is 0.00897. The predicted molar refractivity (Wildman–Crippen MR) is 193 cm³/mol. The monoisotopic (exact) mass is 610 g/mol. The quantitative estimate of drug-likeness (QED) is 0.195. The van der Waals surface area contributed by atoms with E-state index in [-0.39, 0.29) is 10.8 Å². The summed E-state index contributed by atoms with van der Waals surface area (Å²) in [6.07, 6.45) is 6.28. The second kappa shape index (κ2) is 9.47. The van der Waals surface area contributed by atoms with Crippen LogP contribution in [-0.2, 0) is 10.8 Å². The number of thiophene rings is 1. The van der Waals surface area contributed by atoms with Crippen LogP contribution in [0.1, 0.15) is 68.2 Å². The molecule has 3 aliphatic carbocycles. The van der Waals surface area contributed by atoms with Crippen molar-refractivity contribution in [3.05, 3.63) is 131 Å². The van der Waals surface area contributed by atoms with E-state index >= 15 is 0 Å². The van der Waals surface area contributed by atoms with Crippen LogP contribution < -0.4 is 0 Å². The van der Waals surface area contributed by atoms with Gasteiger partial charge in [0, 0.05) is 32.0 Å². The number of hydrogen-bond acceptors (Lipinski definition) is 3. The van der Waals surface area contributed by atoms with Crippen molar-refractivity contribution in [2.24, 2.45) is 0 Å². The molecule has 0 N–H and O–H groups in total. The van der Waals surface area contributed by atoms with Crippen LogP contribution in [-0.4, -0.2) is 9.97 Å². The molecule has 1 saturated carbocycles. The topological polar surface area (TPSA) is 25.8 Å². The summed E-state index contributed by atoms with van der Waals surface area (Å²) in [5.74, 6) is 0.792. The summed E-state index contributed by atoms with van der Waals surface area (Å²) in [4.78, 5) is 10.5. The Hall–Kier alpha value is -4.60. The Morgan fingerprint density at radius 3 is 2.13 bits per heavy atom. The van der Waals surface area contributed by atoms with Gasteiger partial charge in [-0.3, -0.25) is 0 Å². The average molecular weight is 611 g/mol. The van der Waals surface area contributed by atoms with Gasteiger partial charge in [-0.15, -0.1) is 11.3 Å². The van der Waals surface area contributed by atoms with Gasteiger partial charge in [-0.25, -0.2) is 9.97 Å². The maximum absolute atomic E-state index is 5.34. The van der Waals surface area contributed by atoms with Crippen molar-refractivity contribution in [3.8, 4) is 44.9 Å². The van der Waals surface area contributed by atoms with Crippen molar-refractivity contribution in [1.82, 2.24) is 9.97 Å². The fourth-order valence-corrected chi connectivity index (χ4v) is 10.2. The standard InChI is InChI=1S/C43H34N2S/c1-42(2)33-17-9-7-15-28(33)31-25-36-32(24-34(31)42)29-20-19-27(23-35(29)43(36)21-11-4-12-22-43)38-40-39(30-16-8-10-18-37(30)46-40)45-41(44-38)26-13-5-3-6-14-26/h3,5-10,13-20,23-25H,4,11-12,21-22H2,1-2H3. The van der Waals surface area contributed by atoms with Crippen LogP contribution in [0.3, 0.4) is 0 Å². The minimum Gasteiger partial charge on any atom is -0.226 e. The third kappa shape index (κ3) is 3.52. The van der Waals surface area contributed by atoms with Gasteiger partial charge >= 0.3 is 0 Å². The van der Waals surface area contributed by atoms with E-state index in [0.717, 1.165) is 22.6 Å². The number of hydrogen-bond donors (Lipinski definition) is 0. The zero-order valence-corrected chi connectivity index (χ0v) is 27.0. The molecule has 1 fully saturated rings. The zero-order chi connectivity index (χ0) is 30.6.